The molecule has 0 fully saturated rings. The molecule has 1 amide bonds. The highest BCUT2D eigenvalue weighted by Crippen LogP contribution is 2.32. The number of ether oxygens (including phenoxy) is 2. The highest BCUT2D eigenvalue weighted by molar-refractivity contribution is 5.96. The summed E-state index contributed by atoms with van der Waals surface area (Å²) in [6.07, 6.45) is 0.697. The van der Waals surface area contributed by atoms with E-state index in [1.54, 1.807) is 18.2 Å². The van der Waals surface area contributed by atoms with Crippen LogP contribution in [0.4, 0.5) is 0 Å². The summed E-state index contributed by atoms with van der Waals surface area (Å²) in [4.78, 5) is 12.1. The van der Waals surface area contributed by atoms with E-state index in [2.05, 4.69) is 10.5 Å². The van der Waals surface area contributed by atoms with Gasteiger partial charge in [-0.3, -0.25) is 4.79 Å². The van der Waals surface area contributed by atoms with Gasteiger partial charge < -0.3 is 9.47 Å². The molecule has 2 aromatic carbocycles. The summed E-state index contributed by atoms with van der Waals surface area (Å²) in [5.74, 6) is 0.962. The lowest BCUT2D eigenvalue weighted by molar-refractivity contribution is 0.0954. The van der Waals surface area contributed by atoms with Gasteiger partial charge in [-0.1, -0.05) is 30.3 Å². The van der Waals surface area contributed by atoms with Crippen molar-refractivity contribution in [3.05, 3.63) is 59.7 Å². The van der Waals surface area contributed by atoms with Crippen molar-refractivity contribution in [3.8, 4) is 11.5 Å². The van der Waals surface area contributed by atoms with Crippen LogP contribution in [0.5, 0.6) is 11.5 Å². The Hall–Kier alpha value is -2.82. The molecule has 0 radical (unpaired) electrons. The third-order valence-electron chi connectivity index (χ3n) is 3.29. The minimum atomic E-state index is -0.272. The molecule has 1 aliphatic rings. The summed E-state index contributed by atoms with van der Waals surface area (Å²) in [7, 11) is 0. The maximum atomic E-state index is 12.1. The third kappa shape index (κ3) is 3.25. The molecule has 0 atom stereocenters. The molecule has 3 rings (SSSR count). The molecule has 0 bridgehead atoms. The topological polar surface area (TPSA) is 59.9 Å². The highest BCUT2D eigenvalue weighted by atomic mass is 16.7. The molecular weight excluding hydrogens is 280 g/mol. The fraction of sp³-hybridized carbons (Fsp3) is 0.176. The molecule has 1 heterocycles. The van der Waals surface area contributed by atoms with Crippen molar-refractivity contribution in [2.75, 3.05) is 6.79 Å². The predicted octanol–water partition coefficient (Wildman–Crippen LogP) is 2.76. The normalized spacial score (nSPS) is 13.0. The molecule has 0 unspecified atom stereocenters. The van der Waals surface area contributed by atoms with Crippen molar-refractivity contribution in [2.24, 2.45) is 5.10 Å². The van der Waals surface area contributed by atoms with Crippen LogP contribution in [0.1, 0.15) is 22.8 Å². The van der Waals surface area contributed by atoms with Gasteiger partial charge in [0, 0.05) is 17.7 Å². The summed E-state index contributed by atoms with van der Waals surface area (Å²) in [6, 6.07) is 15.0. The first-order valence-corrected chi connectivity index (χ1v) is 6.99. The quantitative estimate of drug-likeness (QED) is 0.697. The van der Waals surface area contributed by atoms with Crippen LogP contribution >= 0.6 is 0 Å². The minimum absolute atomic E-state index is 0.189. The first-order chi connectivity index (χ1) is 10.7. The van der Waals surface area contributed by atoms with Gasteiger partial charge in [0.2, 0.25) is 6.79 Å². The Kier molecular flexibility index (Phi) is 4.05. The van der Waals surface area contributed by atoms with E-state index in [9.17, 15) is 4.79 Å². The number of amides is 1. The van der Waals surface area contributed by atoms with Crippen molar-refractivity contribution in [3.63, 3.8) is 0 Å². The molecule has 0 aromatic heterocycles. The van der Waals surface area contributed by atoms with E-state index in [1.807, 2.05) is 37.3 Å². The molecule has 2 aromatic rings. The van der Waals surface area contributed by atoms with Crippen LogP contribution in [0.3, 0.4) is 0 Å². The van der Waals surface area contributed by atoms with Crippen LogP contribution in [0.15, 0.2) is 53.6 Å². The molecule has 1 aliphatic heterocycles. The van der Waals surface area contributed by atoms with Crippen molar-refractivity contribution in [1.82, 2.24) is 5.43 Å². The first kappa shape index (κ1) is 14.1. The summed E-state index contributed by atoms with van der Waals surface area (Å²) in [5, 5.41) is 4.13. The highest BCUT2D eigenvalue weighted by Gasteiger charge is 2.15. The second-order valence-corrected chi connectivity index (χ2v) is 5.02. The number of benzene rings is 2. The van der Waals surface area contributed by atoms with Gasteiger partial charge in [-0.05, 0) is 30.7 Å². The van der Waals surface area contributed by atoms with E-state index in [-0.39, 0.29) is 12.7 Å². The fourth-order valence-electron chi connectivity index (χ4n) is 2.18. The van der Waals surface area contributed by atoms with E-state index in [0.29, 0.717) is 23.5 Å². The number of carbonyl (C=O) groups is 1. The lowest BCUT2D eigenvalue weighted by Crippen LogP contribution is -2.19. The molecule has 0 aliphatic carbocycles. The number of rotatable bonds is 4. The second-order valence-electron chi connectivity index (χ2n) is 5.02. The Balaban J connectivity index is 1.63. The SMILES string of the molecule is CC(Cc1ccccc1)=NNC(=O)c1ccc2c(c1)OCO2. The molecule has 0 saturated heterocycles. The van der Waals surface area contributed by atoms with Crippen LogP contribution in [-0.4, -0.2) is 18.4 Å². The average Bonchev–Trinajstić information content (AvgIpc) is 3.01. The Morgan fingerprint density at radius 3 is 2.73 bits per heavy atom. The summed E-state index contributed by atoms with van der Waals surface area (Å²) >= 11 is 0. The van der Waals surface area contributed by atoms with E-state index in [0.717, 1.165) is 11.3 Å². The minimum Gasteiger partial charge on any atom is -0.454 e. The third-order valence-corrected chi connectivity index (χ3v) is 3.29. The van der Waals surface area contributed by atoms with Crippen LogP contribution in [0.25, 0.3) is 0 Å². The van der Waals surface area contributed by atoms with Gasteiger partial charge >= 0.3 is 0 Å². The van der Waals surface area contributed by atoms with Crippen LogP contribution in [-0.2, 0) is 6.42 Å². The van der Waals surface area contributed by atoms with E-state index in [1.165, 1.54) is 0 Å². The Labute approximate surface area is 128 Å². The number of nitrogens with one attached hydrogen (secondary N) is 1. The smallest absolute Gasteiger partial charge is 0.271 e. The maximum Gasteiger partial charge on any atom is 0.271 e. The van der Waals surface area contributed by atoms with Gasteiger partial charge in [-0.25, -0.2) is 5.43 Å². The standard InChI is InChI=1S/C17H16N2O3/c1-12(9-13-5-3-2-4-6-13)18-19-17(20)14-7-8-15-16(10-14)22-11-21-15/h2-8,10H,9,11H2,1H3,(H,19,20). The average molecular weight is 296 g/mol. The van der Waals surface area contributed by atoms with E-state index in [4.69, 9.17) is 9.47 Å². The summed E-state index contributed by atoms with van der Waals surface area (Å²) in [6.45, 7) is 2.07. The van der Waals surface area contributed by atoms with Gasteiger partial charge in [0.15, 0.2) is 11.5 Å². The van der Waals surface area contributed by atoms with Crippen LogP contribution in [0.2, 0.25) is 0 Å². The molecule has 22 heavy (non-hydrogen) atoms. The number of carbonyl (C=O) groups excluding carboxylic acids is 1. The van der Waals surface area contributed by atoms with Crippen molar-refractivity contribution in [2.45, 2.75) is 13.3 Å². The molecule has 0 saturated carbocycles. The predicted molar refractivity (Wildman–Crippen MR) is 83.3 cm³/mol. The Bertz CT molecular complexity index is 711. The molecule has 112 valence electrons. The van der Waals surface area contributed by atoms with Gasteiger partial charge in [-0.15, -0.1) is 0 Å². The lowest BCUT2D eigenvalue weighted by atomic mass is 10.1. The maximum absolute atomic E-state index is 12.1. The number of hydrazone groups is 1. The van der Waals surface area contributed by atoms with Crippen molar-refractivity contribution < 1.29 is 14.3 Å². The van der Waals surface area contributed by atoms with Gasteiger partial charge in [0.25, 0.3) is 5.91 Å². The van der Waals surface area contributed by atoms with E-state index < -0.39 is 0 Å². The summed E-state index contributed by atoms with van der Waals surface area (Å²) < 4.78 is 10.5. The molecular formula is C17H16N2O3. The second kappa shape index (κ2) is 6.30. The number of nitrogens with zero attached hydrogens (tertiary/aromatic N) is 1. The number of fused-ring (bicyclic) bond motifs is 1. The van der Waals surface area contributed by atoms with Crippen LogP contribution < -0.4 is 14.9 Å². The van der Waals surface area contributed by atoms with Gasteiger partial charge in [0.1, 0.15) is 0 Å². The van der Waals surface area contributed by atoms with Gasteiger partial charge in [0.05, 0.1) is 0 Å². The monoisotopic (exact) mass is 296 g/mol. The van der Waals surface area contributed by atoms with Crippen molar-refractivity contribution >= 4 is 11.6 Å². The molecule has 5 heteroatoms. The zero-order valence-electron chi connectivity index (χ0n) is 12.2. The Morgan fingerprint density at radius 2 is 1.91 bits per heavy atom. The lowest BCUT2D eigenvalue weighted by Gasteiger charge is -2.04. The number of hydrogen-bond acceptors (Lipinski definition) is 4. The fourth-order valence-corrected chi connectivity index (χ4v) is 2.18. The zero-order valence-corrected chi connectivity index (χ0v) is 12.2. The molecule has 0 spiro atoms. The van der Waals surface area contributed by atoms with Crippen molar-refractivity contribution in [1.29, 1.82) is 0 Å². The number of hydrogen-bond donors (Lipinski definition) is 1. The molecule has 5 nitrogen and oxygen atoms in total. The van der Waals surface area contributed by atoms with Crippen LogP contribution in [0, 0.1) is 0 Å². The summed E-state index contributed by atoms with van der Waals surface area (Å²) in [5.41, 5.74) is 5.04. The Morgan fingerprint density at radius 1 is 1.14 bits per heavy atom. The van der Waals surface area contributed by atoms with Gasteiger partial charge in [-0.2, -0.15) is 5.10 Å². The zero-order chi connectivity index (χ0) is 15.4. The largest absolute Gasteiger partial charge is 0.454 e. The van der Waals surface area contributed by atoms with E-state index >= 15 is 0 Å². The first-order valence-electron chi connectivity index (χ1n) is 6.99. The molecule has 1 N–H and O–H groups in total.